The normalized spacial score (nSPS) is 13.7. The molecule has 3 aromatic carbocycles. The van der Waals surface area contributed by atoms with Crippen molar-refractivity contribution < 1.29 is 27.1 Å². The Hall–Kier alpha value is -3.10. The highest BCUT2D eigenvalue weighted by Crippen LogP contribution is 2.31. The first kappa shape index (κ1) is 19.7. The molecule has 0 saturated carbocycles. The average molecular weight is 403 g/mol. The molecule has 3 aromatic rings. The van der Waals surface area contributed by atoms with Crippen LogP contribution in [0, 0.1) is 11.6 Å². The van der Waals surface area contributed by atoms with Crippen molar-refractivity contribution in [3.63, 3.8) is 0 Å². The summed E-state index contributed by atoms with van der Waals surface area (Å²) in [5.41, 5.74) is 3.49. The van der Waals surface area contributed by atoms with Gasteiger partial charge in [-0.05, 0) is 35.4 Å². The maximum absolute atomic E-state index is 13.4. The second kappa shape index (κ2) is 7.14. The van der Waals surface area contributed by atoms with E-state index in [4.69, 9.17) is 5.73 Å². The number of hydrogen-bond acceptors (Lipinski definition) is 4. The van der Waals surface area contributed by atoms with Crippen LogP contribution >= 0.6 is 0 Å². The van der Waals surface area contributed by atoms with Crippen LogP contribution in [0.5, 0.6) is 0 Å². The lowest BCUT2D eigenvalue weighted by Crippen LogP contribution is -2.42. The van der Waals surface area contributed by atoms with Crippen molar-refractivity contribution in [1.29, 1.82) is 0 Å². The maximum Gasteiger partial charge on any atom is 0.258 e. The number of carbonyl (C=O) groups is 1. The number of amides is 1. The Bertz CT molecular complexity index is 1110. The highest BCUT2D eigenvalue weighted by molar-refractivity contribution is 7.91. The molecule has 5 nitrogen and oxygen atoms in total. The monoisotopic (exact) mass is 403 g/mol. The molecule has 0 aromatic heterocycles. The fourth-order valence-corrected chi connectivity index (χ4v) is 4.13. The average Bonchev–Trinajstić information content (AvgIpc) is 2.67. The Morgan fingerprint density at radius 1 is 0.821 bits per heavy atom. The molecule has 28 heavy (non-hydrogen) atoms. The van der Waals surface area contributed by atoms with Gasteiger partial charge in [-0.15, -0.1) is 0 Å². The van der Waals surface area contributed by atoms with E-state index in [-0.39, 0.29) is 16.0 Å². The van der Waals surface area contributed by atoms with Gasteiger partial charge in [-0.1, -0.05) is 42.5 Å². The lowest BCUT2D eigenvalue weighted by molar-refractivity contribution is -0.133. The molecule has 8 heteroatoms. The molecule has 0 radical (unpaired) electrons. The maximum atomic E-state index is 13.4. The predicted molar refractivity (Wildman–Crippen MR) is 96.9 cm³/mol. The summed E-state index contributed by atoms with van der Waals surface area (Å²) >= 11 is 0. The summed E-state index contributed by atoms with van der Waals surface area (Å²) < 4.78 is 52.0. The van der Waals surface area contributed by atoms with Gasteiger partial charge in [0.05, 0.1) is 9.79 Å². The van der Waals surface area contributed by atoms with E-state index in [1.807, 2.05) is 0 Å². The van der Waals surface area contributed by atoms with Crippen molar-refractivity contribution in [3.05, 3.63) is 95.6 Å². The lowest BCUT2D eigenvalue weighted by atomic mass is 9.86. The minimum Gasteiger partial charge on any atom is -0.372 e. The van der Waals surface area contributed by atoms with Crippen LogP contribution in [0.2, 0.25) is 0 Å². The first-order valence-electron chi connectivity index (χ1n) is 8.05. The van der Waals surface area contributed by atoms with Gasteiger partial charge in [-0.2, -0.15) is 0 Å². The third kappa shape index (κ3) is 3.39. The Labute approximate surface area is 160 Å². The van der Waals surface area contributed by atoms with Crippen molar-refractivity contribution >= 4 is 15.7 Å². The first-order chi connectivity index (χ1) is 13.2. The summed E-state index contributed by atoms with van der Waals surface area (Å²) in [6.07, 6.45) is 0. The first-order valence-corrected chi connectivity index (χ1v) is 9.53. The Morgan fingerprint density at radius 3 is 1.82 bits per heavy atom. The number of rotatable bonds is 5. The van der Waals surface area contributed by atoms with E-state index in [2.05, 4.69) is 0 Å². The van der Waals surface area contributed by atoms with Crippen molar-refractivity contribution in [1.82, 2.24) is 0 Å². The second-order valence-corrected chi connectivity index (χ2v) is 8.02. The van der Waals surface area contributed by atoms with Crippen LogP contribution in [-0.4, -0.2) is 19.4 Å². The highest BCUT2D eigenvalue weighted by atomic mass is 32.2. The molecule has 0 aliphatic heterocycles. The number of benzene rings is 3. The Kier molecular flexibility index (Phi) is 5.01. The van der Waals surface area contributed by atoms with Gasteiger partial charge in [0.2, 0.25) is 9.84 Å². The molecule has 1 unspecified atom stereocenters. The summed E-state index contributed by atoms with van der Waals surface area (Å²) in [5, 5.41) is 10.9. The molecule has 0 aliphatic rings. The highest BCUT2D eigenvalue weighted by Gasteiger charge is 2.38. The van der Waals surface area contributed by atoms with Crippen molar-refractivity contribution in [2.75, 3.05) is 0 Å². The Balaban J connectivity index is 2.06. The molecule has 0 fully saturated rings. The van der Waals surface area contributed by atoms with Crippen LogP contribution in [0.3, 0.4) is 0 Å². The van der Waals surface area contributed by atoms with E-state index < -0.39 is 37.9 Å². The molecule has 1 atom stereocenters. The van der Waals surface area contributed by atoms with E-state index in [0.717, 1.165) is 12.1 Å². The van der Waals surface area contributed by atoms with Crippen LogP contribution in [0.25, 0.3) is 0 Å². The molecular weight excluding hydrogens is 388 g/mol. The van der Waals surface area contributed by atoms with Crippen molar-refractivity contribution in [2.24, 2.45) is 5.73 Å². The summed E-state index contributed by atoms with van der Waals surface area (Å²) in [6.45, 7) is 0. The van der Waals surface area contributed by atoms with Gasteiger partial charge in [0, 0.05) is 6.07 Å². The smallest absolute Gasteiger partial charge is 0.258 e. The molecule has 0 bridgehead atoms. The summed E-state index contributed by atoms with van der Waals surface area (Å²) in [7, 11) is -4.21. The molecule has 0 heterocycles. The number of halogens is 2. The zero-order valence-electron chi connectivity index (χ0n) is 14.3. The van der Waals surface area contributed by atoms with Crippen molar-refractivity contribution in [3.8, 4) is 0 Å². The van der Waals surface area contributed by atoms with Gasteiger partial charge < -0.3 is 10.8 Å². The van der Waals surface area contributed by atoms with Crippen LogP contribution in [0.15, 0.2) is 82.6 Å². The van der Waals surface area contributed by atoms with E-state index in [0.29, 0.717) is 18.2 Å². The number of hydrogen-bond donors (Lipinski definition) is 2. The third-order valence-corrected chi connectivity index (χ3v) is 6.03. The number of nitrogens with two attached hydrogens (primary N) is 1. The fraction of sp³-hybridized carbons (Fsp3) is 0.0500. The topological polar surface area (TPSA) is 97.5 Å². The van der Waals surface area contributed by atoms with Crippen LogP contribution < -0.4 is 5.73 Å². The molecular formula is C20H15F2NO4S. The number of aliphatic hydroxyl groups is 1. The van der Waals surface area contributed by atoms with Gasteiger partial charge in [0.25, 0.3) is 5.91 Å². The zero-order valence-corrected chi connectivity index (χ0v) is 15.2. The van der Waals surface area contributed by atoms with Gasteiger partial charge in [-0.3, -0.25) is 4.79 Å². The third-order valence-electron chi connectivity index (χ3n) is 4.28. The quantitative estimate of drug-likeness (QED) is 0.684. The van der Waals surface area contributed by atoms with E-state index >= 15 is 0 Å². The van der Waals surface area contributed by atoms with E-state index in [1.165, 1.54) is 24.3 Å². The van der Waals surface area contributed by atoms with Crippen LogP contribution in [-0.2, 0) is 20.2 Å². The molecule has 0 spiro atoms. The summed E-state index contributed by atoms with van der Waals surface area (Å²) in [5.74, 6) is -3.09. The van der Waals surface area contributed by atoms with E-state index in [1.54, 1.807) is 18.2 Å². The largest absolute Gasteiger partial charge is 0.372 e. The Morgan fingerprint density at radius 2 is 1.32 bits per heavy atom. The SMILES string of the molecule is NC(=O)C(O)(c1ccccc1)c1ccc(S(=O)(=O)c2cc(F)cc(F)c2)cc1. The molecule has 1 amide bonds. The van der Waals surface area contributed by atoms with Crippen LogP contribution in [0.4, 0.5) is 8.78 Å². The summed E-state index contributed by atoms with van der Waals surface area (Å²) in [6, 6.07) is 14.6. The van der Waals surface area contributed by atoms with Crippen LogP contribution in [0.1, 0.15) is 11.1 Å². The zero-order chi connectivity index (χ0) is 20.5. The van der Waals surface area contributed by atoms with Gasteiger partial charge >= 0.3 is 0 Å². The minimum atomic E-state index is -4.21. The van der Waals surface area contributed by atoms with Gasteiger partial charge in [-0.25, -0.2) is 17.2 Å². The summed E-state index contributed by atoms with van der Waals surface area (Å²) in [4.78, 5) is 11.2. The van der Waals surface area contributed by atoms with E-state index in [9.17, 15) is 27.1 Å². The number of carbonyl (C=O) groups excluding carboxylic acids is 1. The lowest BCUT2D eigenvalue weighted by Gasteiger charge is -2.25. The van der Waals surface area contributed by atoms with Gasteiger partial charge in [0.1, 0.15) is 11.6 Å². The molecule has 0 saturated heterocycles. The van der Waals surface area contributed by atoms with Gasteiger partial charge in [0.15, 0.2) is 5.60 Å². The minimum absolute atomic E-state index is 0.0515. The van der Waals surface area contributed by atoms with Crippen molar-refractivity contribution in [2.45, 2.75) is 15.4 Å². The molecule has 3 rings (SSSR count). The number of sulfone groups is 1. The number of primary amides is 1. The second-order valence-electron chi connectivity index (χ2n) is 6.07. The molecule has 3 N–H and O–H groups in total. The molecule has 0 aliphatic carbocycles. The standard InChI is InChI=1S/C20H15F2NO4S/c21-15-10-16(22)12-18(11-15)28(26,27)17-8-6-14(7-9-17)20(25,19(23)24)13-4-2-1-3-5-13/h1-12,25H,(H2,23,24). The fourth-order valence-electron chi connectivity index (χ4n) is 2.83. The predicted octanol–water partition coefficient (Wildman–Crippen LogP) is 2.52. The molecule has 144 valence electrons.